The Bertz CT molecular complexity index is 503. The maximum atomic E-state index is 10.7. The van der Waals surface area contributed by atoms with Gasteiger partial charge in [0.15, 0.2) is 6.20 Å². The first-order valence-electron chi connectivity index (χ1n) is 7.97. The van der Waals surface area contributed by atoms with Crippen molar-refractivity contribution in [3.63, 3.8) is 0 Å². The molecule has 1 unspecified atom stereocenters. The van der Waals surface area contributed by atoms with Crippen LogP contribution >= 0.6 is 0 Å². The maximum absolute atomic E-state index is 10.7. The zero-order valence-electron chi connectivity index (χ0n) is 14.9. The quantitative estimate of drug-likeness (QED) is 0.626. The Morgan fingerprint density at radius 3 is 2.52 bits per heavy atom. The van der Waals surface area contributed by atoms with Gasteiger partial charge in [-0.2, -0.15) is 0 Å². The summed E-state index contributed by atoms with van der Waals surface area (Å²) in [6.45, 7) is 10.4. The van der Waals surface area contributed by atoms with Crippen LogP contribution in [0.1, 0.15) is 27.7 Å². The molecule has 0 saturated carbocycles. The van der Waals surface area contributed by atoms with Crippen molar-refractivity contribution in [1.29, 1.82) is 0 Å². The number of anilines is 1. The molecule has 1 aromatic rings. The highest BCUT2D eigenvalue weighted by Crippen LogP contribution is 2.25. The Labute approximate surface area is 138 Å². The molecule has 1 aliphatic heterocycles. The number of likely N-dealkylation sites (N-methyl/N-ethyl adjacent to an activating group) is 1. The van der Waals surface area contributed by atoms with E-state index in [1.54, 1.807) is 12.3 Å². The van der Waals surface area contributed by atoms with Crippen molar-refractivity contribution in [2.75, 3.05) is 38.7 Å². The normalized spacial score (nSPS) is 18.4. The van der Waals surface area contributed by atoms with Crippen molar-refractivity contribution >= 4 is 11.5 Å². The van der Waals surface area contributed by atoms with Gasteiger partial charge < -0.3 is 24.7 Å². The van der Waals surface area contributed by atoms with Gasteiger partial charge in [-0.3, -0.25) is 0 Å². The van der Waals surface area contributed by atoms with Crippen LogP contribution in [0.5, 0.6) is 0 Å². The monoisotopic (exact) mass is 324 g/mol. The van der Waals surface area contributed by atoms with Gasteiger partial charge in [0.2, 0.25) is 0 Å². The van der Waals surface area contributed by atoms with Crippen LogP contribution in [0.3, 0.4) is 0 Å². The number of rotatable bonds is 4. The number of nitro groups is 1. The second-order valence-corrected chi connectivity index (χ2v) is 5.99. The molecule has 0 amide bonds. The molecule has 2 rings (SSSR count). The first kappa shape index (κ1) is 19.3. The molecule has 0 N–H and O–H groups in total. The first-order valence-corrected chi connectivity index (χ1v) is 7.97. The van der Waals surface area contributed by atoms with E-state index in [0.29, 0.717) is 6.61 Å². The van der Waals surface area contributed by atoms with Crippen LogP contribution in [0.15, 0.2) is 18.3 Å². The number of aromatic nitrogens is 1. The molecule has 2 heterocycles. The molecule has 1 aromatic heterocycles. The summed E-state index contributed by atoms with van der Waals surface area (Å²) < 4.78 is 5.91. The molecule has 130 valence electrons. The molecule has 7 nitrogen and oxygen atoms in total. The van der Waals surface area contributed by atoms with Gasteiger partial charge in [0.25, 0.3) is 0 Å². The summed E-state index contributed by atoms with van der Waals surface area (Å²) in [4.78, 5) is 18.4. The van der Waals surface area contributed by atoms with Gasteiger partial charge in [-0.05, 0) is 43.9 Å². The van der Waals surface area contributed by atoms with Crippen LogP contribution < -0.4 is 4.90 Å². The predicted molar refractivity (Wildman–Crippen MR) is 92.0 cm³/mol. The SMILES string of the molecule is CC.CN(C)C(C)(C)C1CN(c2ccc([N+](=O)[O-])nc2)CCO1. The topological polar surface area (TPSA) is 71.7 Å². The van der Waals surface area contributed by atoms with Crippen LogP contribution in [-0.4, -0.2) is 60.2 Å². The summed E-state index contributed by atoms with van der Waals surface area (Å²) in [5.41, 5.74) is 0.802. The molecule has 0 spiro atoms. The highest BCUT2D eigenvalue weighted by molar-refractivity contribution is 5.47. The lowest BCUT2D eigenvalue weighted by molar-refractivity contribution is -0.389. The van der Waals surface area contributed by atoms with E-state index in [1.807, 2.05) is 27.9 Å². The van der Waals surface area contributed by atoms with Crippen LogP contribution in [-0.2, 0) is 4.74 Å². The third-order valence-electron chi connectivity index (χ3n) is 4.29. The fourth-order valence-electron chi connectivity index (χ4n) is 2.27. The Hall–Kier alpha value is -1.73. The Kier molecular flexibility index (Phi) is 6.90. The molecule has 1 atom stereocenters. The van der Waals surface area contributed by atoms with Crippen LogP contribution in [0.2, 0.25) is 0 Å². The maximum Gasteiger partial charge on any atom is 0.363 e. The molecule has 0 aliphatic carbocycles. The van der Waals surface area contributed by atoms with Crippen molar-refractivity contribution in [3.05, 3.63) is 28.4 Å². The number of pyridine rings is 1. The Morgan fingerprint density at radius 2 is 2.04 bits per heavy atom. The Morgan fingerprint density at radius 1 is 1.39 bits per heavy atom. The van der Waals surface area contributed by atoms with Gasteiger partial charge in [-0.1, -0.05) is 13.8 Å². The van der Waals surface area contributed by atoms with E-state index in [9.17, 15) is 10.1 Å². The van der Waals surface area contributed by atoms with Crippen molar-refractivity contribution in [2.45, 2.75) is 39.3 Å². The molecular weight excluding hydrogens is 296 g/mol. The predicted octanol–water partition coefficient (Wildman–Crippen LogP) is 2.56. The number of nitrogens with zero attached hydrogens (tertiary/aromatic N) is 4. The Balaban J connectivity index is 0.00000127. The smallest absolute Gasteiger partial charge is 0.363 e. The summed E-state index contributed by atoms with van der Waals surface area (Å²) in [6, 6.07) is 3.19. The fraction of sp³-hybridized carbons (Fsp3) is 0.688. The van der Waals surface area contributed by atoms with Gasteiger partial charge in [0.05, 0.1) is 18.4 Å². The molecule has 1 saturated heterocycles. The van der Waals surface area contributed by atoms with Crippen LogP contribution in [0, 0.1) is 10.1 Å². The van der Waals surface area contributed by atoms with Crippen LogP contribution in [0.25, 0.3) is 0 Å². The third-order valence-corrected chi connectivity index (χ3v) is 4.29. The van der Waals surface area contributed by atoms with Gasteiger partial charge in [0, 0.05) is 24.7 Å². The zero-order chi connectivity index (χ0) is 17.6. The summed E-state index contributed by atoms with van der Waals surface area (Å²) in [6.07, 6.45) is 1.62. The minimum Gasteiger partial charge on any atom is -0.373 e. The minimum absolute atomic E-state index is 0.0661. The second kappa shape index (κ2) is 8.21. The van der Waals surface area contributed by atoms with E-state index in [2.05, 4.69) is 28.6 Å². The molecular formula is C16H28N4O3. The average molecular weight is 324 g/mol. The van der Waals surface area contributed by atoms with Crippen molar-refractivity contribution in [2.24, 2.45) is 0 Å². The van der Waals surface area contributed by atoms with Crippen molar-refractivity contribution < 1.29 is 9.66 Å². The van der Waals surface area contributed by atoms with Gasteiger partial charge in [-0.25, -0.2) is 0 Å². The lowest BCUT2D eigenvalue weighted by atomic mass is 9.94. The number of hydrogen-bond acceptors (Lipinski definition) is 6. The number of hydrogen-bond donors (Lipinski definition) is 0. The van der Waals surface area contributed by atoms with Crippen molar-refractivity contribution in [1.82, 2.24) is 9.88 Å². The van der Waals surface area contributed by atoms with Gasteiger partial charge in [-0.15, -0.1) is 0 Å². The molecule has 0 radical (unpaired) electrons. The lowest BCUT2D eigenvalue weighted by Crippen LogP contribution is -2.57. The van der Waals surface area contributed by atoms with Gasteiger partial charge >= 0.3 is 5.82 Å². The molecule has 23 heavy (non-hydrogen) atoms. The average Bonchev–Trinajstić information content (AvgIpc) is 2.56. The van der Waals surface area contributed by atoms with E-state index in [0.717, 1.165) is 18.8 Å². The summed E-state index contributed by atoms with van der Waals surface area (Å²) >= 11 is 0. The largest absolute Gasteiger partial charge is 0.373 e. The van der Waals surface area contributed by atoms with Crippen LogP contribution in [0.4, 0.5) is 11.5 Å². The van der Waals surface area contributed by atoms with E-state index in [-0.39, 0.29) is 17.5 Å². The zero-order valence-corrected chi connectivity index (χ0v) is 14.9. The lowest BCUT2D eigenvalue weighted by Gasteiger charge is -2.45. The summed E-state index contributed by atoms with van der Waals surface area (Å²) in [5.74, 6) is -0.128. The van der Waals surface area contributed by atoms with E-state index in [4.69, 9.17) is 4.74 Å². The number of morpholine rings is 1. The molecule has 1 fully saturated rings. The van der Waals surface area contributed by atoms with Gasteiger partial charge in [0.1, 0.15) is 0 Å². The minimum atomic E-state index is -0.485. The molecule has 1 aliphatic rings. The first-order chi connectivity index (χ1) is 10.8. The highest BCUT2D eigenvalue weighted by Gasteiger charge is 2.36. The third kappa shape index (κ3) is 4.62. The highest BCUT2D eigenvalue weighted by atomic mass is 16.6. The standard InChI is InChI=1S/C14H22N4O3.C2H6/c1-14(2,16(3)4)12-10-17(7-8-21-12)11-5-6-13(15-9-11)18(19)20;1-2/h5-6,9,12H,7-8,10H2,1-4H3;1-2H3. The molecule has 0 bridgehead atoms. The second-order valence-electron chi connectivity index (χ2n) is 5.99. The van der Waals surface area contributed by atoms with E-state index < -0.39 is 4.92 Å². The fourth-order valence-corrected chi connectivity index (χ4v) is 2.27. The van der Waals surface area contributed by atoms with E-state index >= 15 is 0 Å². The number of ether oxygens (including phenoxy) is 1. The molecule has 7 heteroatoms. The summed E-state index contributed by atoms with van der Waals surface area (Å²) in [5, 5.41) is 10.7. The molecule has 0 aromatic carbocycles. The van der Waals surface area contributed by atoms with Crippen molar-refractivity contribution in [3.8, 4) is 0 Å². The summed E-state index contributed by atoms with van der Waals surface area (Å²) in [7, 11) is 4.07. The van der Waals surface area contributed by atoms with E-state index in [1.165, 1.54) is 6.07 Å².